The van der Waals surface area contributed by atoms with Gasteiger partial charge in [-0.25, -0.2) is 27.1 Å². The highest BCUT2D eigenvalue weighted by Crippen LogP contribution is 2.43. The van der Waals surface area contributed by atoms with E-state index in [0.717, 1.165) is 0 Å². The van der Waals surface area contributed by atoms with Crippen molar-refractivity contribution in [2.75, 3.05) is 23.4 Å². The summed E-state index contributed by atoms with van der Waals surface area (Å²) in [5.74, 6) is -3.46. The molecule has 2 saturated heterocycles. The summed E-state index contributed by atoms with van der Waals surface area (Å²) < 4.78 is 63.3. The maximum atomic E-state index is 14.3. The van der Waals surface area contributed by atoms with Crippen LogP contribution in [0.3, 0.4) is 0 Å². The number of anilines is 2. The van der Waals surface area contributed by atoms with E-state index in [1.165, 1.54) is 38.8 Å². The van der Waals surface area contributed by atoms with Gasteiger partial charge < -0.3 is 15.0 Å². The summed E-state index contributed by atoms with van der Waals surface area (Å²) in [5, 5.41) is 10.4. The predicted octanol–water partition coefficient (Wildman–Crippen LogP) is 3.09. The Morgan fingerprint density at radius 2 is 2.09 bits per heavy atom. The molecule has 0 spiro atoms. The number of fused-ring (bicyclic) bond motifs is 3. The van der Waals surface area contributed by atoms with Crippen molar-refractivity contribution in [1.29, 1.82) is 0 Å². The zero-order valence-corrected chi connectivity index (χ0v) is 18.0. The molecule has 2 atom stereocenters. The molecule has 0 radical (unpaired) electrons. The first kappa shape index (κ1) is 21.6. The zero-order valence-electron chi connectivity index (χ0n) is 18.0. The third kappa shape index (κ3) is 3.41. The van der Waals surface area contributed by atoms with Gasteiger partial charge >= 0.3 is 0 Å². The predicted molar refractivity (Wildman–Crippen MR) is 109 cm³/mol. The van der Waals surface area contributed by atoms with E-state index < -0.39 is 41.6 Å². The number of morpholine rings is 1. The SMILES string of the molecule is CC(C)(C)n1cc(NC(=O)c2cnn3ccc(N4C[C@@H]5OC[C@H]4C5(F)F)nc23)c(C(F)F)n1. The van der Waals surface area contributed by atoms with E-state index in [0.29, 0.717) is 0 Å². The lowest BCUT2D eigenvalue weighted by atomic mass is 10.1. The van der Waals surface area contributed by atoms with Crippen LogP contribution in [-0.4, -0.2) is 61.5 Å². The van der Waals surface area contributed by atoms with Gasteiger partial charge in [0.25, 0.3) is 18.3 Å². The lowest BCUT2D eigenvalue weighted by Crippen LogP contribution is -2.40. The highest BCUT2D eigenvalue weighted by molar-refractivity contribution is 6.08. The lowest BCUT2D eigenvalue weighted by molar-refractivity contribution is -0.0479. The summed E-state index contributed by atoms with van der Waals surface area (Å²) in [5.41, 5.74) is -1.14. The first-order chi connectivity index (χ1) is 15.5. The van der Waals surface area contributed by atoms with Gasteiger partial charge in [0, 0.05) is 12.4 Å². The van der Waals surface area contributed by atoms with Gasteiger partial charge in [0.1, 0.15) is 23.5 Å². The molecule has 176 valence electrons. The van der Waals surface area contributed by atoms with Gasteiger partial charge in [-0.3, -0.25) is 9.48 Å². The Morgan fingerprint density at radius 3 is 2.70 bits per heavy atom. The Hall–Kier alpha value is -3.22. The van der Waals surface area contributed by atoms with Gasteiger partial charge in [0.2, 0.25) is 0 Å². The Balaban J connectivity index is 1.46. The second-order valence-corrected chi connectivity index (χ2v) is 9.08. The Bertz CT molecular complexity index is 1230. The van der Waals surface area contributed by atoms with Crippen molar-refractivity contribution in [2.45, 2.75) is 50.8 Å². The van der Waals surface area contributed by atoms with Crippen LogP contribution in [-0.2, 0) is 10.3 Å². The van der Waals surface area contributed by atoms with Gasteiger partial charge in [-0.2, -0.15) is 10.2 Å². The highest BCUT2D eigenvalue weighted by Gasteiger charge is 2.62. The summed E-state index contributed by atoms with van der Waals surface area (Å²) in [4.78, 5) is 18.8. The lowest BCUT2D eigenvalue weighted by Gasteiger charge is -2.27. The fraction of sp³-hybridized carbons (Fsp3) is 0.500. The average molecular weight is 467 g/mol. The van der Waals surface area contributed by atoms with E-state index in [9.17, 15) is 22.4 Å². The Morgan fingerprint density at radius 1 is 1.33 bits per heavy atom. The Kier molecular flexibility index (Phi) is 4.68. The second kappa shape index (κ2) is 7.14. The molecule has 13 heteroatoms. The minimum atomic E-state index is -2.99. The number of amides is 1. The van der Waals surface area contributed by atoms with E-state index in [1.54, 1.807) is 20.8 Å². The van der Waals surface area contributed by atoms with Gasteiger partial charge in [0.05, 0.1) is 30.6 Å². The van der Waals surface area contributed by atoms with E-state index in [2.05, 4.69) is 20.5 Å². The summed E-state index contributed by atoms with van der Waals surface area (Å²) in [6.45, 7) is 5.22. The van der Waals surface area contributed by atoms with Crippen molar-refractivity contribution in [3.8, 4) is 0 Å². The molecule has 3 aromatic rings. The average Bonchev–Trinajstić information content (AvgIpc) is 3.47. The van der Waals surface area contributed by atoms with Crippen LogP contribution in [0.5, 0.6) is 0 Å². The third-order valence-corrected chi connectivity index (χ3v) is 5.85. The summed E-state index contributed by atoms with van der Waals surface area (Å²) in [7, 11) is 0. The Labute approximate surface area is 185 Å². The number of aromatic nitrogens is 5. The number of nitrogens with zero attached hydrogens (tertiary/aromatic N) is 6. The van der Waals surface area contributed by atoms with Crippen LogP contribution in [0.25, 0.3) is 5.65 Å². The van der Waals surface area contributed by atoms with E-state index in [1.807, 2.05) is 0 Å². The smallest absolute Gasteiger partial charge is 0.297 e. The molecular formula is C20H21F4N7O2. The van der Waals surface area contributed by atoms with Crippen molar-refractivity contribution in [1.82, 2.24) is 24.4 Å². The number of halogens is 4. The van der Waals surface area contributed by atoms with Crippen molar-refractivity contribution in [3.63, 3.8) is 0 Å². The number of hydrogen-bond donors (Lipinski definition) is 1. The second-order valence-electron chi connectivity index (χ2n) is 9.08. The summed E-state index contributed by atoms with van der Waals surface area (Å²) >= 11 is 0. The van der Waals surface area contributed by atoms with Crippen LogP contribution < -0.4 is 10.2 Å². The fourth-order valence-corrected chi connectivity index (χ4v) is 4.03. The minimum Gasteiger partial charge on any atom is -0.368 e. The van der Waals surface area contributed by atoms with E-state index in [4.69, 9.17) is 4.74 Å². The number of carbonyl (C=O) groups excluding carboxylic acids is 1. The topological polar surface area (TPSA) is 89.6 Å². The van der Waals surface area contributed by atoms with Crippen LogP contribution >= 0.6 is 0 Å². The molecule has 5 heterocycles. The molecule has 0 unspecified atom stereocenters. The molecule has 0 aliphatic carbocycles. The molecule has 1 amide bonds. The molecule has 3 aromatic heterocycles. The molecule has 9 nitrogen and oxygen atoms in total. The zero-order chi connectivity index (χ0) is 23.7. The van der Waals surface area contributed by atoms with E-state index >= 15 is 0 Å². The maximum absolute atomic E-state index is 14.3. The van der Waals surface area contributed by atoms with Gasteiger partial charge in [0.15, 0.2) is 11.3 Å². The van der Waals surface area contributed by atoms with Crippen LogP contribution in [0.2, 0.25) is 0 Å². The van der Waals surface area contributed by atoms with Crippen molar-refractivity contribution in [3.05, 3.63) is 35.9 Å². The van der Waals surface area contributed by atoms with Crippen molar-refractivity contribution >= 4 is 23.1 Å². The van der Waals surface area contributed by atoms with Crippen LogP contribution in [0, 0.1) is 0 Å². The van der Waals surface area contributed by atoms with Gasteiger partial charge in [-0.15, -0.1) is 0 Å². The molecule has 33 heavy (non-hydrogen) atoms. The molecule has 0 saturated carbocycles. The molecule has 0 aromatic carbocycles. The standard InChI is InChI=1S/C20H21F4N7O2/c1-19(2,3)31-7-11(15(28-31)16(21)22)26-18(32)10-6-25-30-5-4-14(27-17(10)30)29-8-13-20(23,24)12(29)9-33-13/h4-7,12-13,16H,8-9H2,1-3H3,(H,26,32)/t12-,13-/m0/s1. The number of ether oxygens (including phenoxy) is 1. The van der Waals surface area contributed by atoms with Gasteiger partial charge in [-0.05, 0) is 26.8 Å². The molecule has 2 bridgehead atoms. The molecule has 2 aliphatic heterocycles. The van der Waals surface area contributed by atoms with Crippen LogP contribution in [0.4, 0.5) is 29.1 Å². The number of nitrogens with one attached hydrogen (secondary N) is 1. The monoisotopic (exact) mass is 467 g/mol. The number of alkyl halides is 4. The first-order valence-electron chi connectivity index (χ1n) is 10.3. The molecule has 2 aliphatic rings. The quantitative estimate of drug-likeness (QED) is 0.594. The largest absolute Gasteiger partial charge is 0.368 e. The molecule has 5 rings (SSSR count). The van der Waals surface area contributed by atoms with Crippen molar-refractivity contribution < 1.29 is 27.1 Å². The fourth-order valence-electron chi connectivity index (χ4n) is 4.03. The molecule has 1 N–H and O–H groups in total. The number of carbonyl (C=O) groups is 1. The molecular weight excluding hydrogens is 446 g/mol. The number of hydrogen-bond acceptors (Lipinski definition) is 6. The normalized spacial score (nSPS) is 22.0. The maximum Gasteiger partial charge on any atom is 0.297 e. The molecule has 2 fully saturated rings. The summed E-state index contributed by atoms with van der Waals surface area (Å²) in [6, 6.07) is 0.385. The van der Waals surface area contributed by atoms with E-state index in [-0.39, 0.29) is 35.9 Å². The van der Waals surface area contributed by atoms with Crippen molar-refractivity contribution in [2.24, 2.45) is 0 Å². The minimum absolute atomic E-state index is 0.00735. The van der Waals surface area contributed by atoms with Crippen LogP contribution in [0.15, 0.2) is 24.7 Å². The number of rotatable bonds is 4. The van der Waals surface area contributed by atoms with Crippen LogP contribution in [0.1, 0.15) is 43.2 Å². The summed E-state index contributed by atoms with van der Waals surface area (Å²) in [6.07, 6.45) is -0.0208. The highest BCUT2D eigenvalue weighted by atomic mass is 19.3. The first-order valence-corrected chi connectivity index (χ1v) is 10.3. The van der Waals surface area contributed by atoms with Gasteiger partial charge in [-0.1, -0.05) is 0 Å². The third-order valence-electron chi connectivity index (χ3n) is 5.85.